The number of aliphatic hydroxyl groups is 1. The van der Waals surface area contributed by atoms with Crippen LogP contribution in [-0.4, -0.2) is 51.0 Å². The van der Waals surface area contributed by atoms with Crippen LogP contribution >= 0.6 is 11.6 Å². The maximum Gasteiger partial charge on any atom is 0.264 e. The molecule has 4 atom stereocenters. The number of fused-ring (bicyclic) bond motifs is 4. The van der Waals surface area contributed by atoms with E-state index in [2.05, 4.69) is 28.7 Å². The van der Waals surface area contributed by atoms with Gasteiger partial charge in [-0.15, -0.1) is 0 Å². The summed E-state index contributed by atoms with van der Waals surface area (Å²) in [5.74, 6) is 0.109. The van der Waals surface area contributed by atoms with E-state index < -0.39 is 22.0 Å². The van der Waals surface area contributed by atoms with Gasteiger partial charge in [-0.3, -0.25) is 4.79 Å². The molecule has 0 aromatic heterocycles. The molecule has 4 aliphatic rings. The molecule has 2 bridgehead atoms. The Kier molecular flexibility index (Phi) is 7.16. The van der Waals surface area contributed by atoms with Crippen LogP contribution in [0.5, 0.6) is 5.75 Å². The molecule has 2 aromatic rings. The molecular weight excluding hydrogens is 548 g/mol. The number of benzene rings is 2. The van der Waals surface area contributed by atoms with Crippen LogP contribution in [0, 0.1) is 11.3 Å². The average Bonchev–Trinajstić information content (AvgIpc) is 3.06. The van der Waals surface area contributed by atoms with Gasteiger partial charge in [-0.25, -0.2) is 13.1 Å². The molecular formula is C31H37ClN2O5S. The first-order chi connectivity index (χ1) is 19.1. The molecule has 2 heterocycles. The Balaban J connectivity index is 1.43. The molecule has 40 heavy (non-hydrogen) atoms. The van der Waals surface area contributed by atoms with Crippen LogP contribution in [0.25, 0.3) is 0 Å². The summed E-state index contributed by atoms with van der Waals surface area (Å²) in [6, 6.07) is 11.3. The highest BCUT2D eigenvalue weighted by atomic mass is 35.5. The zero-order valence-electron chi connectivity index (χ0n) is 22.9. The Morgan fingerprint density at radius 2 is 2.00 bits per heavy atom. The fraction of sp³-hybridized carbons (Fsp3) is 0.516. The fourth-order valence-corrected chi connectivity index (χ4v) is 8.29. The van der Waals surface area contributed by atoms with E-state index in [1.54, 1.807) is 24.3 Å². The van der Waals surface area contributed by atoms with Gasteiger partial charge in [0.25, 0.3) is 5.91 Å². The van der Waals surface area contributed by atoms with Gasteiger partial charge < -0.3 is 14.7 Å². The third-order valence-corrected chi connectivity index (χ3v) is 11.3. The van der Waals surface area contributed by atoms with Crippen LogP contribution in [0.3, 0.4) is 0 Å². The molecule has 214 valence electrons. The van der Waals surface area contributed by atoms with E-state index in [0.29, 0.717) is 31.9 Å². The number of nitrogens with one attached hydrogen (secondary N) is 1. The number of hydrogen-bond acceptors (Lipinski definition) is 6. The topological polar surface area (TPSA) is 95.9 Å². The molecule has 0 unspecified atom stereocenters. The summed E-state index contributed by atoms with van der Waals surface area (Å²) in [6.07, 6.45) is 8.80. The minimum Gasteiger partial charge on any atom is -0.490 e. The first-order valence-electron chi connectivity index (χ1n) is 14.3. The zero-order chi connectivity index (χ0) is 28.1. The van der Waals surface area contributed by atoms with Crippen molar-refractivity contribution < 1.29 is 23.1 Å². The summed E-state index contributed by atoms with van der Waals surface area (Å²) in [5.41, 5.74) is 3.07. The summed E-state index contributed by atoms with van der Waals surface area (Å²) >= 11 is 6.38. The summed E-state index contributed by atoms with van der Waals surface area (Å²) < 4.78 is 34.0. The minimum atomic E-state index is -3.81. The maximum absolute atomic E-state index is 13.1. The fourth-order valence-electron chi connectivity index (χ4n) is 7.15. The van der Waals surface area contributed by atoms with E-state index in [-0.39, 0.29) is 34.5 Å². The molecule has 0 saturated heterocycles. The quantitative estimate of drug-likeness (QED) is 0.423. The second-order valence-electron chi connectivity index (χ2n) is 12.3. The second-order valence-corrected chi connectivity index (χ2v) is 14.6. The van der Waals surface area contributed by atoms with Crippen LogP contribution in [0.15, 0.2) is 48.6 Å². The number of allylic oxidation sites excluding steroid dienone is 1. The molecule has 1 spiro atoms. The Labute approximate surface area is 241 Å². The van der Waals surface area contributed by atoms with Crippen LogP contribution in [0.4, 0.5) is 5.69 Å². The third kappa shape index (κ3) is 5.03. The monoisotopic (exact) mass is 584 g/mol. The first-order valence-corrected chi connectivity index (χ1v) is 16.3. The predicted molar refractivity (Wildman–Crippen MR) is 157 cm³/mol. The van der Waals surface area contributed by atoms with Crippen molar-refractivity contribution in [3.05, 3.63) is 70.3 Å². The third-order valence-electron chi connectivity index (χ3n) is 9.79. The number of aliphatic hydroxyl groups excluding tert-OH is 1. The summed E-state index contributed by atoms with van der Waals surface area (Å²) in [5, 5.41) is 12.0. The lowest BCUT2D eigenvalue weighted by Crippen LogP contribution is -2.53. The van der Waals surface area contributed by atoms with Crippen molar-refractivity contribution in [2.45, 2.75) is 63.4 Å². The SMILES string of the molecule is C[C@@]12CC[C@H]1CN1C[C@@]3(CCCc4cc(Cl)ccc43)COc3ccc(cc31)C(=O)NS(=O)(=O)CC/C=C\C[C@@H]2O. The molecule has 2 N–H and O–H groups in total. The number of carbonyl (C=O) groups is 1. The van der Waals surface area contributed by atoms with Crippen molar-refractivity contribution in [3.63, 3.8) is 0 Å². The summed E-state index contributed by atoms with van der Waals surface area (Å²) in [4.78, 5) is 15.4. The van der Waals surface area contributed by atoms with E-state index >= 15 is 0 Å². The Morgan fingerprint density at radius 1 is 1.15 bits per heavy atom. The Bertz CT molecular complexity index is 1460. The number of aryl methyl sites for hydroxylation is 1. The molecule has 6 rings (SSSR count). The van der Waals surface area contributed by atoms with Crippen LogP contribution in [0.2, 0.25) is 5.02 Å². The van der Waals surface area contributed by atoms with E-state index in [1.807, 2.05) is 12.1 Å². The smallest absolute Gasteiger partial charge is 0.264 e. The van der Waals surface area contributed by atoms with E-state index in [0.717, 1.165) is 42.8 Å². The van der Waals surface area contributed by atoms with Gasteiger partial charge in [0, 0.05) is 29.1 Å². The maximum atomic E-state index is 13.1. The number of amides is 1. The van der Waals surface area contributed by atoms with Gasteiger partial charge in [-0.2, -0.15) is 0 Å². The zero-order valence-corrected chi connectivity index (χ0v) is 24.4. The number of sulfonamides is 1. The van der Waals surface area contributed by atoms with Crippen molar-refractivity contribution in [1.82, 2.24) is 4.72 Å². The number of hydrogen-bond donors (Lipinski definition) is 2. The van der Waals surface area contributed by atoms with Gasteiger partial charge in [-0.05, 0) is 97.7 Å². The van der Waals surface area contributed by atoms with Crippen molar-refractivity contribution in [2.75, 3.05) is 30.3 Å². The molecule has 2 aromatic carbocycles. The Morgan fingerprint density at radius 3 is 2.80 bits per heavy atom. The molecule has 2 aliphatic carbocycles. The molecule has 1 fully saturated rings. The van der Waals surface area contributed by atoms with Crippen molar-refractivity contribution in [2.24, 2.45) is 11.3 Å². The number of anilines is 1. The van der Waals surface area contributed by atoms with E-state index in [1.165, 1.54) is 11.1 Å². The highest BCUT2D eigenvalue weighted by Crippen LogP contribution is 2.52. The lowest BCUT2D eigenvalue weighted by atomic mass is 9.57. The number of halogens is 1. The standard InChI is InChI=1S/C31H37ClN2O5S/c1-30-14-12-23(30)18-34-19-31(13-5-6-21-16-24(32)9-10-25(21)31)20-39-27-11-8-22(17-26(27)34)29(36)33-40(37,38)15-4-2-3-7-28(30)35/h2-3,8-11,16-17,23,28,35H,4-7,12-15,18-20H2,1H3,(H,33,36)/b3-2-/t23-,28-,30+,31-/m0/s1. The Hall–Kier alpha value is -2.55. The van der Waals surface area contributed by atoms with Gasteiger partial charge in [0.2, 0.25) is 10.0 Å². The molecule has 1 saturated carbocycles. The second kappa shape index (κ2) is 10.4. The number of rotatable bonds is 0. The van der Waals surface area contributed by atoms with Crippen LogP contribution < -0.4 is 14.4 Å². The normalized spacial score (nSPS) is 32.5. The number of nitrogens with zero attached hydrogens (tertiary/aromatic N) is 1. The number of carbonyl (C=O) groups excluding carboxylic acids is 1. The highest BCUT2D eigenvalue weighted by molar-refractivity contribution is 7.90. The van der Waals surface area contributed by atoms with Gasteiger partial charge >= 0.3 is 0 Å². The van der Waals surface area contributed by atoms with Crippen molar-refractivity contribution in [1.29, 1.82) is 0 Å². The van der Waals surface area contributed by atoms with Gasteiger partial charge in [-0.1, -0.05) is 36.7 Å². The lowest BCUT2D eigenvalue weighted by Gasteiger charge is -2.52. The highest BCUT2D eigenvalue weighted by Gasteiger charge is 2.49. The van der Waals surface area contributed by atoms with Gasteiger partial charge in [0.05, 0.1) is 24.2 Å². The summed E-state index contributed by atoms with van der Waals surface area (Å²) in [6.45, 7) is 4.07. The van der Waals surface area contributed by atoms with Crippen molar-refractivity contribution >= 4 is 33.2 Å². The van der Waals surface area contributed by atoms with Gasteiger partial charge in [0.1, 0.15) is 5.75 Å². The van der Waals surface area contributed by atoms with E-state index in [9.17, 15) is 18.3 Å². The van der Waals surface area contributed by atoms with Crippen LogP contribution in [0.1, 0.15) is 66.9 Å². The average molecular weight is 585 g/mol. The molecule has 7 nitrogen and oxygen atoms in total. The van der Waals surface area contributed by atoms with Crippen molar-refractivity contribution in [3.8, 4) is 5.75 Å². The molecule has 0 radical (unpaired) electrons. The minimum absolute atomic E-state index is 0.197. The number of ether oxygens (including phenoxy) is 1. The lowest BCUT2D eigenvalue weighted by molar-refractivity contribution is -0.0695. The summed E-state index contributed by atoms with van der Waals surface area (Å²) in [7, 11) is -3.81. The largest absolute Gasteiger partial charge is 0.490 e. The molecule has 9 heteroatoms. The van der Waals surface area contributed by atoms with E-state index in [4.69, 9.17) is 16.3 Å². The molecule has 1 amide bonds. The van der Waals surface area contributed by atoms with Gasteiger partial charge in [0.15, 0.2) is 0 Å². The van der Waals surface area contributed by atoms with Crippen LogP contribution in [-0.2, 0) is 21.9 Å². The molecule has 2 aliphatic heterocycles. The first kappa shape index (κ1) is 27.6. The predicted octanol–water partition coefficient (Wildman–Crippen LogP) is 5.00.